The smallest absolute Gasteiger partial charge is 0.360 e. The Kier molecular flexibility index (Phi) is 4.59. The van der Waals surface area contributed by atoms with E-state index in [9.17, 15) is 9.59 Å². The van der Waals surface area contributed by atoms with E-state index in [0.717, 1.165) is 12.8 Å². The first kappa shape index (κ1) is 15.5. The molecule has 116 valence electrons. The average Bonchev–Trinajstić information content (AvgIpc) is 3.18. The van der Waals surface area contributed by atoms with Crippen molar-refractivity contribution in [2.45, 2.75) is 52.1 Å². The van der Waals surface area contributed by atoms with Gasteiger partial charge in [-0.2, -0.15) is 0 Å². The van der Waals surface area contributed by atoms with Crippen LogP contribution in [0.15, 0.2) is 0 Å². The molecule has 1 saturated carbocycles. The molecule has 0 unspecified atom stereocenters. The van der Waals surface area contributed by atoms with Crippen molar-refractivity contribution < 1.29 is 14.3 Å². The molecule has 2 rings (SSSR count). The number of likely N-dealkylation sites (N-methyl/N-ethyl adjacent to an activating group) is 1. The van der Waals surface area contributed by atoms with E-state index in [1.165, 1.54) is 4.68 Å². The fourth-order valence-electron chi connectivity index (χ4n) is 2.26. The zero-order valence-corrected chi connectivity index (χ0v) is 13.0. The van der Waals surface area contributed by atoms with Crippen LogP contribution in [0.1, 0.15) is 55.7 Å². The van der Waals surface area contributed by atoms with Crippen molar-refractivity contribution in [1.29, 1.82) is 0 Å². The molecule has 1 heterocycles. The number of hydrogen-bond acceptors (Lipinski definition) is 5. The highest BCUT2D eigenvalue weighted by Gasteiger charge is 2.31. The van der Waals surface area contributed by atoms with Crippen LogP contribution >= 0.6 is 0 Å². The maximum absolute atomic E-state index is 12.2. The highest BCUT2D eigenvalue weighted by Crippen LogP contribution is 2.26. The van der Waals surface area contributed by atoms with Gasteiger partial charge < -0.3 is 9.64 Å². The van der Waals surface area contributed by atoms with Crippen LogP contribution in [-0.4, -0.2) is 51.5 Å². The van der Waals surface area contributed by atoms with Crippen molar-refractivity contribution in [3.63, 3.8) is 0 Å². The molecule has 0 bridgehead atoms. The summed E-state index contributed by atoms with van der Waals surface area (Å²) in [5.41, 5.74) is 0.847. The minimum atomic E-state index is -0.490. The van der Waals surface area contributed by atoms with E-state index in [2.05, 4.69) is 10.3 Å². The Morgan fingerprint density at radius 3 is 2.62 bits per heavy atom. The van der Waals surface area contributed by atoms with Gasteiger partial charge in [0.1, 0.15) is 6.54 Å². The number of ether oxygens (including phenoxy) is 1. The first-order valence-corrected chi connectivity index (χ1v) is 7.31. The fraction of sp³-hybridized carbons (Fsp3) is 0.714. The van der Waals surface area contributed by atoms with Gasteiger partial charge >= 0.3 is 5.97 Å². The SMILES string of the molecule is CCOC(=O)c1nnn(CC(=O)N(C)C2CC2)c1C(C)C. The molecule has 0 N–H and O–H groups in total. The summed E-state index contributed by atoms with van der Waals surface area (Å²) in [6, 6.07) is 0.355. The minimum absolute atomic E-state index is 0.0142. The highest BCUT2D eigenvalue weighted by atomic mass is 16.5. The maximum atomic E-state index is 12.2. The third-order valence-electron chi connectivity index (χ3n) is 3.56. The number of esters is 1. The standard InChI is InChI=1S/C14H22N4O3/c1-5-21-14(20)12-13(9(2)3)18(16-15-12)8-11(19)17(4)10-6-7-10/h9-10H,5-8H2,1-4H3. The van der Waals surface area contributed by atoms with Crippen LogP contribution in [0.2, 0.25) is 0 Å². The molecule has 1 aliphatic carbocycles. The summed E-state index contributed by atoms with van der Waals surface area (Å²) in [4.78, 5) is 25.8. The van der Waals surface area contributed by atoms with Gasteiger partial charge in [0.05, 0.1) is 12.3 Å². The number of aromatic nitrogens is 3. The molecule has 1 aliphatic rings. The summed E-state index contributed by atoms with van der Waals surface area (Å²) in [7, 11) is 1.80. The third kappa shape index (κ3) is 3.40. The summed E-state index contributed by atoms with van der Waals surface area (Å²) < 4.78 is 6.49. The van der Waals surface area contributed by atoms with Crippen molar-refractivity contribution in [3.8, 4) is 0 Å². The molecule has 1 aromatic rings. The predicted molar refractivity (Wildman–Crippen MR) is 75.9 cm³/mol. The number of carbonyl (C=O) groups excluding carboxylic acids is 2. The van der Waals surface area contributed by atoms with E-state index in [4.69, 9.17) is 4.74 Å². The van der Waals surface area contributed by atoms with Crippen LogP contribution in [0.4, 0.5) is 0 Å². The van der Waals surface area contributed by atoms with Crippen LogP contribution in [0, 0.1) is 0 Å². The van der Waals surface area contributed by atoms with Gasteiger partial charge in [0.15, 0.2) is 5.69 Å². The van der Waals surface area contributed by atoms with E-state index in [0.29, 0.717) is 11.7 Å². The van der Waals surface area contributed by atoms with Gasteiger partial charge in [0.25, 0.3) is 0 Å². The van der Waals surface area contributed by atoms with E-state index in [1.807, 2.05) is 13.8 Å². The van der Waals surface area contributed by atoms with Crippen molar-refractivity contribution >= 4 is 11.9 Å². The van der Waals surface area contributed by atoms with E-state index < -0.39 is 5.97 Å². The van der Waals surface area contributed by atoms with Crippen LogP contribution in [-0.2, 0) is 16.1 Å². The lowest BCUT2D eigenvalue weighted by atomic mass is 10.1. The molecule has 0 aliphatic heterocycles. The molecule has 1 aromatic heterocycles. The fourth-order valence-corrected chi connectivity index (χ4v) is 2.26. The van der Waals surface area contributed by atoms with Gasteiger partial charge in [-0.05, 0) is 25.7 Å². The molecule has 0 radical (unpaired) electrons. The average molecular weight is 294 g/mol. The monoisotopic (exact) mass is 294 g/mol. The first-order valence-electron chi connectivity index (χ1n) is 7.31. The van der Waals surface area contributed by atoms with Crippen LogP contribution in [0.5, 0.6) is 0 Å². The molecule has 0 saturated heterocycles. The van der Waals surface area contributed by atoms with E-state index in [1.54, 1.807) is 18.9 Å². The van der Waals surface area contributed by atoms with Crippen LogP contribution in [0.25, 0.3) is 0 Å². The van der Waals surface area contributed by atoms with Crippen molar-refractivity contribution in [2.75, 3.05) is 13.7 Å². The normalized spacial score (nSPS) is 14.3. The molecule has 7 nitrogen and oxygen atoms in total. The zero-order valence-electron chi connectivity index (χ0n) is 13.0. The van der Waals surface area contributed by atoms with E-state index in [-0.39, 0.29) is 30.7 Å². The van der Waals surface area contributed by atoms with Gasteiger partial charge in [-0.15, -0.1) is 5.10 Å². The quantitative estimate of drug-likeness (QED) is 0.737. The minimum Gasteiger partial charge on any atom is -0.461 e. The summed E-state index contributed by atoms with van der Waals surface area (Å²) in [5.74, 6) is -0.478. The summed E-state index contributed by atoms with van der Waals surface area (Å²) in [6.45, 7) is 6.00. The molecule has 0 atom stereocenters. The summed E-state index contributed by atoms with van der Waals surface area (Å²) in [5, 5.41) is 7.86. The third-order valence-corrected chi connectivity index (χ3v) is 3.56. The number of hydrogen-bond donors (Lipinski definition) is 0. The second-order valence-electron chi connectivity index (χ2n) is 5.59. The number of rotatable bonds is 6. The van der Waals surface area contributed by atoms with Crippen molar-refractivity contribution in [2.24, 2.45) is 0 Å². The number of carbonyl (C=O) groups is 2. The molecule has 21 heavy (non-hydrogen) atoms. The topological polar surface area (TPSA) is 77.3 Å². The predicted octanol–water partition coefficient (Wildman–Crippen LogP) is 1.20. The largest absolute Gasteiger partial charge is 0.461 e. The second-order valence-corrected chi connectivity index (χ2v) is 5.59. The summed E-state index contributed by atoms with van der Waals surface area (Å²) >= 11 is 0. The van der Waals surface area contributed by atoms with Gasteiger partial charge in [-0.25, -0.2) is 9.48 Å². The maximum Gasteiger partial charge on any atom is 0.360 e. The van der Waals surface area contributed by atoms with Gasteiger partial charge in [0.2, 0.25) is 5.91 Å². The Morgan fingerprint density at radius 2 is 2.10 bits per heavy atom. The number of nitrogens with zero attached hydrogens (tertiary/aromatic N) is 4. The van der Waals surface area contributed by atoms with Gasteiger partial charge in [0, 0.05) is 13.1 Å². The molecular weight excluding hydrogens is 272 g/mol. The van der Waals surface area contributed by atoms with Gasteiger partial charge in [-0.1, -0.05) is 19.1 Å². The first-order chi connectivity index (χ1) is 9.95. The lowest BCUT2D eigenvalue weighted by Gasteiger charge is -2.17. The molecular formula is C14H22N4O3. The zero-order chi connectivity index (χ0) is 15.6. The highest BCUT2D eigenvalue weighted by molar-refractivity contribution is 5.88. The van der Waals surface area contributed by atoms with Crippen molar-refractivity contribution in [3.05, 3.63) is 11.4 Å². The van der Waals surface area contributed by atoms with Crippen LogP contribution < -0.4 is 0 Å². The van der Waals surface area contributed by atoms with Gasteiger partial charge in [-0.3, -0.25) is 4.79 Å². The Morgan fingerprint density at radius 1 is 1.43 bits per heavy atom. The second kappa shape index (κ2) is 6.24. The summed E-state index contributed by atoms with van der Waals surface area (Å²) in [6.07, 6.45) is 2.12. The lowest BCUT2D eigenvalue weighted by Crippen LogP contribution is -2.33. The Bertz CT molecular complexity index is 534. The molecule has 0 aromatic carbocycles. The Labute approximate surface area is 124 Å². The number of amides is 1. The molecule has 0 spiro atoms. The molecule has 1 fully saturated rings. The lowest BCUT2D eigenvalue weighted by molar-refractivity contribution is -0.131. The van der Waals surface area contributed by atoms with Crippen LogP contribution in [0.3, 0.4) is 0 Å². The molecule has 1 amide bonds. The van der Waals surface area contributed by atoms with Crippen molar-refractivity contribution in [1.82, 2.24) is 19.9 Å². The molecule has 7 heteroatoms. The Balaban J connectivity index is 2.19. The Hall–Kier alpha value is -1.92. The van der Waals surface area contributed by atoms with E-state index >= 15 is 0 Å².